The number of benzene rings is 2. The molecule has 0 aliphatic carbocycles. The number of para-hydroxylation sites is 1. The molecule has 5 heteroatoms. The number of fused-ring (bicyclic) bond motifs is 1. The van der Waals surface area contributed by atoms with Crippen LogP contribution in [0.2, 0.25) is 0 Å². The molecular formula is C18H16BrNO3. The van der Waals surface area contributed by atoms with Crippen LogP contribution < -0.4 is 14.8 Å². The molecule has 0 radical (unpaired) electrons. The first-order chi connectivity index (χ1) is 11.1. The van der Waals surface area contributed by atoms with E-state index in [0.29, 0.717) is 23.7 Å². The van der Waals surface area contributed by atoms with Crippen molar-refractivity contribution in [2.24, 2.45) is 0 Å². The summed E-state index contributed by atoms with van der Waals surface area (Å²) in [7, 11) is 1.60. The van der Waals surface area contributed by atoms with Crippen LogP contribution in [0.4, 0.5) is 5.69 Å². The minimum atomic E-state index is -0.105. The van der Waals surface area contributed by atoms with Crippen LogP contribution in [-0.4, -0.2) is 19.6 Å². The van der Waals surface area contributed by atoms with Gasteiger partial charge in [0, 0.05) is 21.3 Å². The lowest BCUT2D eigenvalue weighted by Crippen LogP contribution is -2.03. The molecule has 0 saturated carbocycles. The number of halogens is 1. The van der Waals surface area contributed by atoms with Crippen molar-refractivity contribution in [1.29, 1.82) is 0 Å². The summed E-state index contributed by atoms with van der Waals surface area (Å²) < 4.78 is 11.8. The number of hydrogen-bond acceptors (Lipinski definition) is 3. The summed E-state index contributed by atoms with van der Waals surface area (Å²) in [5, 5.41) is 2.87. The van der Waals surface area contributed by atoms with E-state index in [1.54, 1.807) is 7.11 Å². The molecule has 1 aliphatic rings. The highest BCUT2D eigenvalue weighted by Gasteiger charge is 2.23. The molecule has 0 atom stereocenters. The summed E-state index contributed by atoms with van der Waals surface area (Å²) in [6, 6.07) is 11.4. The normalized spacial score (nSPS) is 14.6. The maximum Gasteiger partial charge on any atom is 0.256 e. The third kappa shape index (κ3) is 2.97. The van der Waals surface area contributed by atoms with Crippen LogP contribution in [-0.2, 0) is 4.79 Å². The lowest BCUT2D eigenvalue weighted by molar-refractivity contribution is -0.110. The monoisotopic (exact) mass is 373 g/mol. The molecule has 2 aromatic rings. The van der Waals surface area contributed by atoms with E-state index >= 15 is 0 Å². The van der Waals surface area contributed by atoms with Gasteiger partial charge in [-0.2, -0.15) is 0 Å². The molecule has 0 bridgehead atoms. The highest BCUT2D eigenvalue weighted by atomic mass is 79.9. The lowest BCUT2D eigenvalue weighted by atomic mass is 10.0. The largest absolute Gasteiger partial charge is 0.493 e. The first kappa shape index (κ1) is 15.6. The SMILES string of the molecule is CCOc1cc(C=C2C(=O)Nc3ccccc32)c(Br)cc1OC. The molecule has 1 heterocycles. The van der Waals surface area contributed by atoms with E-state index in [0.717, 1.165) is 21.3 Å². The Bertz CT molecular complexity index is 799. The van der Waals surface area contributed by atoms with Gasteiger partial charge < -0.3 is 14.8 Å². The second kappa shape index (κ2) is 6.46. The Morgan fingerprint density at radius 2 is 2.00 bits per heavy atom. The first-order valence-corrected chi connectivity index (χ1v) is 8.06. The van der Waals surface area contributed by atoms with E-state index in [1.165, 1.54) is 0 Å². The van der Waals surface area contributed by atoms with E-state index in [4.69, 9.17) is 9.47 Å². The van der Waals surface area contributed by atoms with Gasteiger partial charge in [0.1, 0.15) is 0 Å². The molecule has 3 rings (SSSR count). The van der Waals surface area contributed by atoms with Crippen molar-refractivity contribution in [3.8, 4) is 11.5 Å². The standard InChI is InChI=1S/C18H16BrNO3/c1-3-23-17-9-11(14(19)10-16(17)22-2)8-13-12-6-4-5-7-15(12)20-18(13)21/h4-10H,3H2,1-2H3,(H,20,21). The van der Waals surface area contributed by atoms with Gasteiger partial charge in [-0.3, -0.25) is 4.79 Å². The Balaban J connectivity index is 2.09. The van der Waals surface area contributed by atoms with Crippen LogP contribution in [0.15, 0.2) is 40.9 Å². The van der Waals surface area contributed by atoms with Crippen LogP contribution in [0.3, 0.4) is 0 Å². The number of ether oxygens (including phenoxy) is 2. The van der Waals surface area contributed by atoms with Crippen molar-refractivity contribution in [2.75, 3.05) is 19.0 Å². The number of methoxy groups -OCH3 is 1. The third-order valence-corrected chi connectivity index (χ3v) is 4.28. The van der Waals surface area contributed by atoms with Gasteiger partial charge in [0.15, 0.2) is 11.5 Å². The third-order valence-electron chi connectivity index (χ3n) is 3.59. The van der Waals surface area contributed by atoms with Crippen molar-refractivity contribution in [3.63, 3.8) is 0 Å². The van der Waals surface area contributed by atoms with Gasteiger partial charge in [0.2, 0.25) is 0 Å². The quantitative estimate of drug-likeness (QED) is 0.810. The summed E-state index contributed by atoms with van der Waals surface area (Å²) in [5.41, 5.74) is 3.22. The smallest absolute Gasteiger partial charge is 0.256 e. The Morgan fingerprint density at radius 3 is 2.74 bits per heavy atom. The average molecular weight is 374 g/mol. The number of amides is 1. The predicted molar refractivity (Wildman–Crippen MR) is 94.8 cm³/mol. The molecule has 0 unspecified atom stereocenters. The minimum Gasteiger partial charge on any atom is -0.493 e. The van der Waals surface area contributed by atoms with Crippen molar-refractivity contribution in [2.45, 2.75) is 6.92 Å². The molecule has 0 aromatic heterocycles. The Morgan fingerprint density at radius 1 is 1.22 bits per heavy atom. The van der Waals surface area contributed by atoms with Gasteiger partial charge in [0.05, 0.1) is 13.7 Å². The Labute approximate surface area is 143 Å². The molecule has 0 saturated heterocycles. The van der Waals surface area contributed by atoms with Crippen LogP contribution in [0.25, 0.3) is 11.6 Å². The van der Waals surface area contributed by atoms with Crippen molar-refractivity contribution in [1.82, 2.24) is 0 Å². The number of nitrogens with one attached hydrogen (secondary N) is 1. The van der Waals surface area contributed by atoms with Gasteiger partial charge in [-0.25, -0.2) is 0 Å². The molecule has 4 nitrogen and oxygen atoms in total. The maximum absolute atomic E-state index is 12.2. The lowest BCUT2D eigenvalue weighted by Gasteiger charge is -2.12. The average Bonchev–Trinajstić information content (AvgIpc) is 2.86. The molecule has 1 aliphatic heterocycles. The van der Waals surface area contributed by atoms with Crippen molar-refractivity contribution < 1.29 is 14.3 Å². The second-order valence-electron chi connectivity index (χ2n) is 5.02. The molecule has 1 amide bonds. The summed E-state index contributed by atoms with van der Waals surface area (Å²) >= 11 is 3.53. The van der Waals surface area contributed by atoms with E-state index in [2.05, 4.69) is 21.2 Å². The number of hydrogen-bond donors (Lipinski definition) is 1. The summed E-state index contributed by atoms with van der Waals surface area (Å²) in [4.78, 5) is 12.2. The Hall–Kier alpha value is -2.27. The zero-order chi connectivity index (χ0) is 16.4. The topological polar surface area (TPSA) is 47.6 Å². The molecule has 23 heavy (non-hydrogen) atoms. The van der Waals surface area contributed by atoms with Gasteiger partial charge in [-0.05, 0) is 36.8 Å². The summed E-state index contributed by atoms with van der Waals surface area (Å²) in [6.45, 7) is 2.46. The van der Waals surface area contributed by atoms with Gasteiger partial charge in [-0.15, -0.1) is 0 Å². The van der Waals surface area contributed by atoms with Crippen LogP contribution in [0.5, 0.6) is 11.5 Å². The van der Waals surface area contributed by atoms with Gasteiger partial charge in [0.25, 0.3) is 5.91 Å². The summed E-state index contributed by atoms with van der Waals surface area (Å²) in [6.07, 6.45) is 1.85. The van der Waals surface area contributed by atoms with E-state index < -0.39 is 0 Å². The second-order valence-corrected chi connectivity index (χ2v) is 5.87. The zero-order valence-electron chi connectivity index (χ0n) is 12.9. The number of rotatable bonds is 4. The molecule has 2 aromatic carbocycles. The van der Waals surface area contributed by atoms with E-state index in [9.17, 15) is 4.79 Å². The fourth-order valence-electron chi connectivity index (χ4n) is 2.53. The van der Waals surface area contributed by atoms with Gasteiger partial charge in [-0.1, -0.05) is 34.1 Å². The first-order valence-electron chi connectivity index (χ1n) is 7.26. The minimum absolute atomic E-state index is 0.105. The van der Waals surface area contributed by atoms with E-state index in [1.807, 2.05) is 49.4 Å². The van der Waals surface area contributed by atoms with Gasteiger partial charge >= 0.3 is 0 Å². The van der Waals surface area contributed by atoms with Crippen molar-refractivity contribution in [3.05, 3.63) is 52.0 Å². The fraction of sp³-hybridized carbons (Fsp3) is 0.167. The van der Waals surface area contributed by atoms with E-state index in [-0.39, 0.29) is 5.91 Å². The highest BCUT2D eigenvalue weighted by Crippen LogP contribution is 2.38. The summed E-state index contributed by atoms with van der Waals surface area (Å²) in [5.74, 6) is 1.20. The maximum atomic E-state index is 12.2. The zero-order valence-corrected chi connectivity index (χ0v) is 14.4. The van der Waals surface area contributed by atoms with Crippen LogP contribution in [0.1, 0.15) is 18.1 Å². The van der Waals surface area contributed by atoms with Crippen LogP contribution >= 0.6 is 15.9 Å². The number of anilines is 1. The molecular weight excluding hydrogens is 358 g/mol. The number of carbonyl (C=O) groups excluding carboxylic acids is 1. The molecule has 118 valence electrons. The predicted octanol–water partition coefficient (Wildman–Crippen LogP) is 4.35. The molecule has 0 fully saturated rings. The molecule has 1 N–H and O–H groups in total. The van der Waals surface area contributed by atoms with Crippen LogP contribution in [0, 0.1) is 0 Å². The van der Waals surface area contributed by atoms with Crippen molar-refractivity contribution >= 4 is 39.2 Å². The fourth-order valence-corrected chi connectivity index (χ4v) is 2.96. The number of carbonyl (C=O) groups is 1. The Kier molecular flexibility index (Phi) is 4.39. The highest BCUT2D eigenvalue weighted by molar-refractivity contribution is 9.10. The molecule has 0 spiro atoms.